The molecule has 0 fully saturated rings. The Labute approximate surface area is 147 Å². The van der Waals surface area contributed by atoms with Crippen molar-refractivity contribution in [2.75, 3.05) is 0 Å². The SMILES string of the molecule is Cc1ccc2c(=O)c3c(oc2c1C)C(=O)NC3c1ccc([N+](=O)[O-])cc1. The van der Waals surface area contributed by atoms with Gasteiger partial charge >= 0.3 is 0 Å². The predicted molar refractivity (Wildman–Crippen MR) is 94.4 cm³/mol. The highest BCUT2D eigenvalue weighted by atomic mass is 16.6. The van der Waals surface area contributed by atoms with Crippen LogP contribution in [0.15, 0.2) is 45.6 Å². The Balaban J connectivity index is 1.93. The van der Waals surface area contributed by atoms with E-state index in [0.717, 1.165) is 11.1 Å². The first-order valence-electron chi connectivity index (χ1n) is 8.00. The van der Waals surface area contributed by atoms with Crippen molar-refractivity contribution in [1.29, 1.82) is 0 Å². The van der Waals surface area contributed by atoms with Gasteiger partial charge in [-0.2, -0.15) is 0 Å². The summed E-state index contributed by atoms with van der Waals surface area (Å²) in [7, 11) is 0. The molecule has 2 heterocycles. The summed E-state index contributed by atoms with van der Waals surface area (Å²) in [6.45, 7) is 3.75. The predicted octanol–water partition coefficient (Wildman–Crippen LogP) is 3.15. The molecule has 1 aliphatic heterocycles. The molecular formula is C19H14N2O5. The molecule has 0 radical (unpaired) electrons. The largest absolute Gasteiger partial charge is 0.450 e. The van der Waals surface area contributed by atoms with Crippen LogP contribution in [0.25, 0.3) is 11.0 Å². The van der Waals surface area contributed by atoms with Gasteiger partial charge in [-0.05, 0) is 48.7 Å². The summed E-state index contributed by atoms with van der Waals surface area (Å²) >= 11 is 0. The van der Waals surface area contributed by atoms with Crippen molar-refractivity contribution < 1.29 is 14.1 Å². The summed E-state index contributed by atoms with van der Waals surface area (Å²) in [5, 5.41) is 14.0. The fourth-order valence-electron chi connectivity index (χ4n) is 3.24. The Hall–Kier alpha value is -3.48. The molecule has 1 unspecified atom stereocenters. The fraction of sp³-hybridized carbons (Fsp3) is 0.158. The summed E-state index contributed by atoms with van der Waals surface area (Å²) in [4.78, 5) is 35.7. The van der Waals surface area contributed by atoms with E-state index in [1.807, 2.05) is 19.9 Å². The lowest BCUT2D eigenvalue weighted by molar-refractivity contribution is -0.384. The summed E-state index contributed by atoms with van der Waals surface area (Å²) in [5.74, 6) is -0.470. The van der Waals surface area contributed by atoms with E-state index < -0.39 is 16.9 Å². The maximum absolute atomic E-state index is 13.0. The number of non-ortho nitro benzene ring substituents is 1. The summed E-state index contributed by atoms with van der Waals surface area (Å²) in [6.07, 6.45) is 0. The molecule has 0 saturated carbocycles. The Morgan fingerprint density at radius 3 is 2.42 bits per heavy atom. The number of nitro benzene ring substituents is 1. The molecule has 2 aromatic carbocycles. The van der Waals surface area contributed by atoms with Gasteiger partial charge in [-0.25, -0.2) is 0 Å². The van der Waals surface area contributed by atoms with Crippen LogP contribution in [0.4, 0.5) is 5.69 Å². The molecule has 1 aromatic heterocycles. The number of hydrogen-bond acceptors (Lipinski definition) is 5. The van der Waals surface area contributed by atoms with Crippen molar-refractivity contribution in [1.82, 2.24) is 5.32 Å². The van der Waals surface area contributed by atoms with Crippen LogP contribution in [-0.4, -0.2) is 10.8 Å². The maximum atomic E-state index is 13.0. The van der Waals surface area contributed by atoms with Gasteiger partial charge in [-0.15, -0.1) is 0 Å². The highest BCUT2D eigenvalue weighted by Crippen LogP contribution is 2.32. The van der Waals surface area contributed by atoms with E-state index in [1.165, 1.54) is 24.3 Å². The number of nitrogens with zero attached hydrogens (tertiary/aromatic N) is 1. The molecule has 7 heteroatoms. The van der Waals surface area contributed by atoms with E-state index in [9.17, 15) is 19.7 Å². The first kappa shape index (κ1) is 16.0. The molecule has 1 amide bonds. The van der Waals surface area contributed by atoms with Crippen LogP contribution in [0.2, 0.25) is 0 Å². The van der Waals surface area contributed by atoms with Crippen molar-refractivity contribution in [3.8, 4) is 0 Å². The van der Waals surface area contributed by atoms with E-state index in [2.05, 4.69) is 5.32 Å². The van der Waals surface area contributed by atoms with Gasteiger partial charge in [0.25, 0.3) is 11.6 Å². The minimum atomic E-state index is -0.694. The number of rotatable bonds is 2. The van der Waals surface area contributed by atoms with Crippen molar-refractivity contribution in [3.63, 3.8) is 0 Å². The number of aryl methyl sites for hydroxylation is 2. The standard InChI is InChI=1S/C19H14N2O5/c1-9-3-8-13-16(22)14-15(11-4-6-12(7-5-11)21(24)25)20-19(23)18(14)26-17(13)10(9)2/h3-8,15H,1-2H3,(H,20,23). The Morgan fingerprint density at radius 1 is 1.08 bits per heavy atom. The van der Waals surface area contributed by atoms with Gasteiger partial charge in [-0.3, -0.25) is 19.7 Å². The van der Waals surface area contributed by atoms with Crippen LogP contribution in [0.3, 0.4) is 0 Å². The molecule has 4 rings (SSSR count). The second kappa shape index (κ2) is 5.52. The topological polar surface area (TPSA) is 102 Å². The van der Waals surface area contributed by atoms with Crippen LogP contribution in [0.1, 0.15) is 38.9 Å². The van der Waals surface area contributed by atoms with Crippen molar-refractivity contribution in [3.05, 3.63) is 84.7 Å². The number of carbonyl (C=O) groups is 1. The number of amides is 1. The fourth-order valence-corrected chi connectivity index (χ4v) is 3.24. The molecule has 0 spiro atoms. The van der Waals surface area contributed by atoms with Gasteiger partial charge in [0.15, 0.2) is 5.43 Å². The minimum Gasteiger partial charge on any atom is -0.450 e. The van der Waals surface area contributed by atoms with Crippen molar-refractivity contribution >= 4 is 22.6 Å². The average Bonchev–Trinajstić information content (AvgIpc) is 2.96. The van der Waals surface area contributed by atoms with E-state index in [1.54, 1.807) is 6.07 Å². The number of carbonyl (C=O) groups excluding carboxylic acids is 1. The molecule has 1 atom stereocenters. The monoisotopic (exact) mass is 350 g/mol. The Morgan fingerprint density at radius 2 is 1.77 bits per heavy atom. The van der Waals surface area contributed by atoms with E-state index in [-0.39, 0.29) is 22.4 Å². The number of benzene rings is 2. The Bertz CT molecular complexity index is 1150. The quantitative estimate of drug-likeness (QED) is 0.565. The molecule has 1 aliphatic rings. The van der Waals surface area contributed by atoms with Gasteiger partial charge in [0.1, 0.15) is 5.58 Å². The molecule has 130 valence electrons. The van der Waals surface area contributed by atoms with E-state index in [0.29, 0.717) is 16.5 Å². The molecular weight excluding hydrogens is 336 g/mol. The third kappa shape index (κ3) is 2.21. The zero-order valence-electron chi connectivity index (χ0n) is 14.0. The molecule has 1 N–H and O–H groups in total. The molecule has 0 aliphatic carbocycles. The van der Waals surface area contributed by atoms with Crippen LogP contribution in [0.5, 0.6) is 0 Å². The van der Waals surface area contributed by atoms with Crippen LogP contribution >= 0.6 is 0 Å². The van der Waals surface area contributed by atoms with Crippen LogP contribution in [0, 0.1) is 24.0 Å². The summed E-state index contributed by atoms with van der Waals surface area (Å²) in [5.41, 5.74) is 2.67. The number of fused-ring (bicyclic) bond motifs is 2. The zero-order valence-corrected chi connectivity index (χ0v) is 14.0. The maximum Gasteiger partial charge on any atom is 0.288 e. The molecule has 26 heavy (non-hydrogen) atoms. The van der Waals surface area contributed by atoms with Gasteiger partial charge in [-0.1, -0.05) is 6.07 Å². The smallest absolute Gasteiger partial charge is 0.288 e. The molecule has 0 saturated heterocycles. The molecule has 0 bridgehead atoms. The highest BCUT2D eigenvalue weighted by molar-refractivity contribution is 5.99. The first-order valence-corrected chi connectivity index (χ1v) is 8.00. The van der Waals surface area contributed by atoms with Crippen LogP contribution < -0.4 is 10.7 Å². The van der Waals surface area contributed by atoms with E-state index >= 15 is 0 Å². The van der Waals surface area contributed by atoms with Gasteiger partial charge in [0.2, 0.25) is 5.76 Å². The highest BCUT2D eigenvalue weighted by Gasteiger charge is 2.36. The number of hydrogen-bond donors (Lipinski definition) is 1. The Kier molecular flexibility index (Phi) is 3.40. The lowest BCUT2D eigenvalue weighted by Crippen LogP contribution is -2.21. The first-order chi connectivity index (χ1) is 12.4. The molecule has 7 nitrogen and oxygen atoms in total. The lowest BCUT2D eigenvalue weighted by Gasteiger charge is -2.12. The van der Waals surface area contributed by atoms with Gasteiger partial charge in [0, 0.05) is 12.1 Å². The summed E-state index contributed by atoms with van der Waals surface area (Å²) in [6, 6.07) is 8.59. The number of nitro groups is 1. The molecule has 3 aromatic rings. The average molecular weight is 350 g/mol. The van der Waals surface area contributed by atoms with Crippen LogP contribution in [-0.2, 0) is 0 Å². The second-order valence-electron chi connectivity index (χ2n) is 6.31. The third-order valence-corrected chi connectivity index (χ3v) is 4.82. The lowest BCUT2D eigenvalue weighted by atomic mass is 9.98. The second-order valence-corrected chi connectivity index (χ2v) is 6.31. The minimum absolute atomic E-state index is 0.000414. The van der Waals surface area contributed by atoms with Crippen molar-refractivity contribution in [2.24, 2.45) is 0 Å². The third-order valence-electron chi connectivity index (χ3n) is 4.82. The van der Waals surface area contributed by atoms with E-state index in [4.69, 9.17) is 4.42 Å². The number of nitrogens with one attached hydrogen (secondary N) is 1. The summed E-state index contributed by atoms with van der Waals surface area (Å²) < 4.78 is 5.80. The van der Waals surface area contributed by atoms with Crippen molar-refractivity contribution in [2.45, 2.75) is 19.9 Å². The van der Waals surface area contributed by atoms with Gasteiger partial charge < -0.3 is 9.73 Å². The normalized spacial score (nSPS) is 15.8. The van der Waals surface area contributed by atoms with Gasteiger partial charge in [0.05, 0.1) is 21.9 Å². The zero-order chi connectivity index (χ0) is 18.6.